The maximum absolute atomic E-state index is 12.2. The number of hydrogen-bond acceptors (Lipinski definition) is 4. The maximum Gasteiger partial charge on any atom is 0.252 e. The molecule has 0 aliphatic carbocycles. The van der Waals surface area contributed by atoms with Crippen LogP contribution in [0.25, 0.3) is 0 Å². The van der Waals surface area contributed by atoms with Gasteiger partial charge in [0.05, 0.1) is 11.3 Å². The minimum absolute atomic E-state index is 0. The first kappa shape index (κ1) is 19.8. The first-order valence-electron chi connectivity index (χ1n) is 7.70. The summed E-state index contributed by atoms with van der Waals surface area (Å²) in [6.07, 6.45) is 2.95. The highest BCUT2D eigenvalue weighted by atomic mass is 35.5. The largest absolute Gasteiger partial charge is 0.352 e. The summed E-state index contributed by atoms with van der Waals surface area (Å²) >= 11 is 1.43. The SMILES string of the molecule is Cl.NCCCNC(=O)c1ccccc1SCC(=O)N1CCCC1. The number of hydrogen-bond donors (Lipinski definition) is 2. The summed E-state index contributed by atoms with van der Waals surface area (Å²) < 4.78 is 0. The minimum atomic E-state index is -0.106. The van der Waals surface area contributed by atoms with Crippen LogP contribution in [-0.2, 0) is 4.79 Å². The Morgan fingerprint density at radius 3 is 2.61 bits per heavy atom. The van der Waals surface area contributed by atoms with Gasteiger partial charge in [-0.15, -0.1) is 24.2 Å². The molecule has 1 aliphatic heterocycles. The third kappa shape index (κ3) is 6.05. The van der Waals surface area contributed by atoms with Crippen LogP contribution in [0.2, 0.25) is 0 Å². The molecule has 0 radical (unpaired) electrons. The summed E-state index contributed by atoms with van der Waals surface area (Å²) in [6, 6.07) is 7.41. The van der Waals surface area contributed by atoms with Gasteiger partial charge in [-0.05, 0) is 37.9 Å². The molecule has 3 N–H and O–H groups in total. The topological polar surface area (TPSA) is 75.4 Å². The van der Waals surface area contributed by atoms with Crippen molar-refractivity contribution in [2.45, 2.75) is 24.2 Å². The highest BCUT2D eigenvalue weighted by molar-refractivity contribution is 8.00. The molecule has 1 heterocycles. The van der Waals surface area contributed by atoms with Gasteiger partial charge in [0.25, 0.3) is 5.91 Å². The number of carbonyl (C=O) groups excluding carboxylic acids is 2. The summed E-state index contributed by atoms with van der Waals surface area (Å²) in [4.78, 5) is 27.0. The first-order valence-corrected chi connectivity index (χ1v) is 8.69. The number of amides is 2. The second-order valence-electron chi connectivity index (χ2n) is 5.27. The second kappa shape index (κ2) is 10.5. The standard InChI is InChI=1S/C16H23N3O2S.ClH/c17-8-5-9-18-16(21)13-6-1-2-7-14(13)22-12-15(20)19-10-3-4-11-19;/h1-2,6-7H,3-5,8-12,17H2,(H,18,21);1H. The van der Waals surface area contributed by atoms with E-state index in [0.29, 0.717) is 24.4 Å². The number of nitrogens with two attached hydrogens (primary N) is 1. The predicted octanol–water partition coefficient (Wildman–Crippen LogP) is 1.90. The Morgan fingerprint density at radius 2 is 1.91 bits per heavy atom. The van der Waals surface area contributed by atoms with Gasteiger partial charge in [0.1, 0.15) is 0 Å². The zero-order valence-corrected chi connectivity index (χ0v) is 14.8. The Hall–Kier alpha value is -1.24. The van der Waals surface area contributed by atoms with Gasteiger partial charge in [-0.1, -0.05) is 12.1 Å². The molecule has 1 aromatic rings. The number of halogens is 1. The number of nitrogens with one attached hydrogen (secondary N) is 1. The van der Waals surface area contributed by atoms with Gasteiger partial charge in [0.15, 0.2) is 0 Å². The molecule has 0 bridgehead atoms. The Labute approximate surface area is 147 Å². The molecule has 2 amide bonds. The van der Waals surface area contributed by atoms with E-state index in [9.17, 15) is 9.59 Å². The van der Waals surface area contributed by atoms with Crippen LogP contribution in [0.5, 0.6) is 0 Å². The Bertz CT molecular complexity index is 522. The number of rotatable bonds is 7. The van der Waals surface area contributed by atoms with E-state index in [0.717, 1.165) is 37.2 Å². The summed E-state index contributed by atoms with van der Waals surface area (Å²) in [5, 5.41) is 2.86. The normalized spacial score (nSPS) is 13.5. The van der Waals surface area contributed by atoms with Gasteiger partial charge in [-0.3, -0.25) is 9.59 Å². The third-order valence-electron chi connectivity index (χ3n) is 3.61. The van der Waals surface area contributed by atoms with Crippen molar-refractivity contribution in [3.63, 3.8) is 0 Å². The fourth-order valence-electron chi connectivity index (χ4n) is 2.38. The van der Waals surface area contributed by atoms with Crippen molar-refractivity contribution in [3.05, 3.63) is 29.8 Å². The van der Waals surface area contributed by atoms with Crippen molar-refractivity contribution in [2.24, 2.45) is 5.73 Å². The van der Waals surface area contributed by atoms with Crippen LogP contribution in [-0.4, -0.2) is 48.6 Å². The van der Waals surface area contributed by atoms with E-state index in [4.69, 9.17) is 5.73 Å². The van der Waals surface area contributed by atoms with Gasteiger partial charge in [-0.25, -0.2) is 0 Å². The lowest BCUT2D eigenvalue weighted by Crippen LogP contribution is -2.29. The van der Waals surface area contributed by atoms with Crippen molar-refractivity contribution in [3.8, 4) is 0 Å². The van der Waals surface area contributed by atoms with Gasteiger partial charge in [0, 0.05) is 24.5 Å². The number of benzene rings is 1. The predicted molar refractivity (Wildman–Crippen MR) is 96.2 cm³/mol. The lowest BCUT2D eigenvalue weighted by atomic mass is 10.2. The molecule has 1 fully saturated rings. The molecular weight excluding hydrogens is 334 g/mol. The van der Waals surface area contributed by atoms with Crippen LogP contribution < -0.4 is 11.1 Å². The molecule has 2 rings (SSSR count). The number of likely N-dealkylation sites (tertiary alicyclic amines) is 1. The maximum atomic E-state index is 12.2. The number of thioether (sulfide) groups is 1. The molecule has 0 unspecified atom stereocenters. The zero-order valence-electron chi connectivity index (χ0n) is 13.1. The molecule has 0 spiro atoms. The van der Waals surface area contributed by atoms with Gasteiger partial charge in [-0.2, -0.15) is 0 Å². The van der Waals surface area contributed by atoms with Crippen molar-refractivity contribution in [1.82, 2.24) is 10.2 Å². The summed E-state index contributed by atoms with van der Waals surface area (Å²) in [7, 11) is 0. The van der Waals surface area contributed by atoms with Crippen LogP contribution >= 0.6 is 24.2 Å². The molecule has 1 saturated heterocycles. The minimum Gasteiger partial charge on any atom is -0.352 e. The smallest absolute Gasteiger partial charge is 0.252 e. The van der Waals surface area contributed by atoms with Crippen molar-refractivity contribution in [1.29, 1.82) is 0 Å². The van der Waals surface area contributed by atoms with E-state index in [1.807, 2.05) is 23.1 Å². The summed E-state index contributed by atoms with van der Waals surface area (Å²) in [6.45, 7) is 2.85. The summed E-state index contributed by atoms with van der Waals surface area (Å²) in [5.74, 6) is 0.429. The molecular formula is C16H24ClN3O2S. The molecule has 0 atom stereocenters. The van der Waals surface area contributed by atoms with Crippen molar-refractivity contribution in [2.75, 3.05) is 31.9 Å². The van der Waals surface area contributed by atoms with Crippen LogP contribution in [0.1, 0.15) is 29.6 Å². The van der Waals surface area contributed by atoms with E-state index in [2.05, 4.69) is 5.32 Å². The Kier molecular flexibility index (Phi) is 9.06. The van der Waals surface area contributed by atoms with Gasteiger partial charge < -0.3 is 16.0 Å². The quantitative estimate of drug-likeness (QED) is 0.577. The highest BCUT2D eigenvalue weighted by Crippen LogP contribution is 2.23. The summed E-state index contributed by atoms with van der Waals surface area (Å²) in [5.41, 5.74) is 6.05. The average Bonchev–Trinajstić information content (AvgIpc) is 3.07. The van der Waals surface area contributed by atoms with E-state index in [1.54, 1.807) is 6.07 Å². The van der Waals surface area contributed by atoms with Crippen LogP contribution in [0.4, 0.5) is 0 Å². The fourth-order valence-corrected chi connectivity index (χ4v) is 3.33. The fraction of sp³-hybridized carbons (Fsp3) is 0.500. The molecule has 5 nitrogen and oxygen atoms in total. The van der Waals surface area contributed by atoms with Crippen molar-refractivity contribution >= 4 is 36.0 Å². The molecule has 23 heavy (non-hydrogen) atoms. The van der Waals surface area contributed by atoms with E-state index in [1.165, 1.54) is 11.8 Å². The number of carbonyl (C=O) groups is 2. The van der Waals surface area contributed by atoms with Crippen LogP contribution in [0, 0.1) is 0 Å². The average molecular weight is 358 g/mol. The van der Waals surface area contributed by atoms with Crippen LogP contribution in [0.3, 0.4) is 0 Å². The Balaban J connectivity index is 0.00000264. The molecule has 1 aliphatic rings. The zero-order chi connectivity index (χ0) is 15.8. The highest BCUT2D eigenvalue weighted by Gasteiger charge is 2.19. The van der Waals surface area contributed by atoms with Gasteiger partial charge in [0.2, 0.25) is 5.91 Å². The monoisotopic (exact) mass is 357 g/mol. The Morgan fingerprint density at radius 1 is 1.22 bits per heavy atom. The number of nitrogens with zero attached hydrogens (tertiary/aromatic N) is 1. The van der Waals surface area contributed by atoms with Crippen LogP contribution in [0.15, 0.2) is 29.2 Å². The second-order valence-corrected chi connectivity index (χ2v) is 6.29. The lowest BCUT2D eigenvalue weighted by Gasteiger charge is -2.15. The third-order valence-corrected chi connectivity index (χ3v) is 4.67. The molecule has 7 heteroatoms. The van der Waals surface area contributed by atoms with E-state index < -0.39 is 0 Å². The molecule has 0 saturated carbocycles. The molecule has 0 aromatic heterocycles. The first-order chi connectivity index (χ1) is 10.7. The van der Waals surface area contributed by atoms with Crippen molar-refractivity contribution < 1.29 is 9.59 Å². The van der Waals surface area contributed by atoms with E-state index in [-0.39, 0.29) is 24.2 Å². The molecule has 128 valence electrons. The molecule has 1 aromatic carbocycles. The van der Waals surface area contributed by atoms with Gasteiger partial charge >= 0.3 is 0 Å². The lowest BCUT2D eigenvalue weighted by molar-refractivity contribution is -0.127. The van der Waals surface area contributed by atoms with E-state index >= 15 is 0 Å².